The van der Waals surface area contributed by atoms with Crippen molar-refractivity contribution in [2.24, 2.45) is 0 Å². The number of benzene rings is 1. The summed E-state index contributed by atoms with van der Waals surface area (Å²) in [5.41, 5.74) is 0.721. The predicted molar refractivity (Wildman–Crippen MR) is 58.2 cm³/mol. The van der Waals surface area contributed by atoms with Gasteiger partial charge in [0.15, 0.2) is 0 Å². The summed E-state index contributed by atoms with van der Waals surface area (Å²) in [5, 5.41) is 11.5. The Kier molecular flexibility index (Phi) is 4.30. The summed E-state index contributed by atoms with van der Waals surface area (Å²) in [6.07, 6.45) is 0. The summed E-state index contributed by atoms with van der Waals surface area (Å²) in [4.78, 5) is 11.3. The highest BCUT2D eigenvalue weighted by atomic mass is 16.5. The van der Waals surface area contributed by atoms with Gasteiger partial charge in [0.25, 0.3) is 0 Å². The molecule has 84 valence electrons. The Morgan fingerprint density at radius 2 is 2.25 bits per heavy atom. The van der Waals surface area contributed by atoms with Crippen molar-refractivity contribution in [2.45, 2.75) is 0 Å². The highest BCUT2D eigenvalue weighted by Gasteiger charge is 2.11. The molecule has 0 radical (unpaired) electrons. The van der Waals surface area contributed by atoms with Crippen molar-refractivity contribution in [3.05, 3.63) is 23.8 Å². The van der Waals surface area contributed by atoms with Crippen LogP contribution in [0.2, 0.25) is 0 Å². The number of rotatable bonds is 4. The quantitative estimate of drug-likeness (QED) is 0.826. The number of methoxy groups -OCH3 is 2. The van der Waals surface area contributed by atoms with Crippen LogP contribution in [0.4, 0.5) is 5.69 Å². The van der Waals surface area contributed by atoms with Gasteiger partial charge in [0.05, 0.1) is 12.7 Å². The summed E-state index contributed by atoms with van der Waals surface area (Å²) >= 11 is 0. The number of amides is 1. The van der Waals surface area contributed by atoms with E-state index < -0.39 is 0 Å². The highest BCUT2D eigenvalue weighted by molar-refractivity contribution is 5.94. The second-order valence-corrected chi connectivity index (χ2v) is 2.98. The van der Waals surface area contributed by atoms with Crippen LogP contribution < -0.4 is 10.1 Å². The number of nitriles is 1. The lowest BCUT2D eigenvalue weighted by Gasteiger charge is -2.10. The highest BCUT2D eigenvalue weighted by Crippen LogP contribution is 2.27. The summed E-state index contributed by atoms with van der Waals surface area (Å²) in [6.45, 7) is -0.0666. The molecular formula is C11H12N2O3. The number of nitrogens with zero attached hydrogens (tertiary/aromatic N) is 1. The van der Waals surface area contributed by atoms with Crippen molar-refractivity contribution in [1.29, 1.82) is 5.26 Å². The third-order valence-electron chi connectivity index (χ3n) is 1.91. The normalized spacial score (nSPS) is 9.31. The zero-order valence-corrected chi connectivity index (χ0v) is 9.11. The minimum Gasteiger partial charge on any atom is -0.495 e. The molecule has 1 aromatic carbocycles. The fourth-order valence-corrected chi connectivity index (χ4v) is 1.23. The number of para-hydroxylation sites is 1. The molecule has 0 aliphatic carbocycles. The first-order valence-corrected chi connectivity index (χ1v) is 4.58. The predicted octanol–water partition coefficient (Wildman–Crippen LogP) is 1.15. The van der Waals surface area contributed by atoms with Gasteiger partial charge in [0.2, 0.25) is 5.91 Å². The van der Waals surface area contributed by atoms with E-state index in [1.807, 2.05) is 6.07 Å². The lowest BCUT2D eigenvalue weighted by atomic mass is 10.2. The molecule has 0 saturated carbocycles. The van der Waals surface area contributed by atoms with Crippen LogP contribution in [-0.4, -0.2) is 26.7 Å². The first kappa shape index (κ1) is 12.0. The maximum absolute atomic E-state index is 11.3. The largest absolute Gasteiger partial charge is 0.495 e. The van der Waals surface area contributed by atoms with E-state index in [9.17, 15) is 4.79 Å². The molecule has 5 nitrogen and oxygen atoms in total. The summed E-state index contributed by atoms with van der Waals surface area (Å²) < 4.78 is 9.75. The van der Waals surface area contributed by atoms with Crippen LogP contribution in [0.5, 0.6) is 5.75 Å². The molecule has 0 aromatic heterocycles. The minimum absolute atomic E-state index is 0.0666. The van der Waals surface area contributed by atoms with Crippen molar-refractivity contribution in [3.63, 3.8) is 0 Å². The van der Waals surface area contributed by atoms with E-state index >= 15 is 0 Å². The van der Waals surface area contributed by atoms with Crippen LogP contribution >= 0.6 is 0 Å². The molecule has 1 N–H and O–H groups in total. The number of anilines is 1. The molecule has 0 saturated heterocycles. The number of ether oxygens (including phenoxy) is 2. The van der Waals surface area contributed by atoms with Gasteiger partial charge < -0.3 is 14.8 Å². The minimum atomic E-state index is -0.330. The summed E-state index contributed by atoms with van der Waals surface area (Å²) in [6, 6.07) is 6.94. The van der Waals surface area contributed by atoms with E-state index in [1.165, 1.54) is 14.2 Å². The van der Waals surface area contributed by atoms with Crippen LogP contribution in [0.15, 0.2) is 18.2 Å². The average molecular weight is 220 g/mol. The third kappa shape index (κ3) is 2.72. The molecule has 0 heterocycles. The standard InChI is InChI=1S/C11H12N2O3/c1-15-7-10(14)13-11-8(6-12)4-3-5-9(11)16-2/h3-5H,7H2,1-2H3,(H,13,14). The Morgan fingerprint density at radius 3 is 2.81 bits per heavy atom. The lowest BCUT2D eigenvalue weighted by Crippen LogP contribution is -2.18. The number of hydrogen-bond donors (Lipinski definition) is 1. The van der Waals surface area contributed by atoms with Crippen LogP contribution in [-0.2, 0) is 9.53 Å². The zero-order chi connectivity index (χ0) is 12.0. The van der Waals surface area contributed by atoms with Gasteiger partial charge in [-0.15, -0.1) is 0 Å². The monoisotopic (exact) mass is 220 g/mol. The van der Waals surface area contributed by atoms with Gasteiger partial charge in [-0.2, -0.15) is 5.26 Å². The lowest BCUT2D eigenvalue weighted by molar-refractivity contribution is -0.119. The van der Waals surface area contributed by atoms with E-state index in [1.54, 1.807) is 18.2 Å². The van der Waals surface area contributed by atoms with Gasteiger partial charge in [-0.05, 0) is 12.1 Å². The molecule has 1 rings (SSSR count). The summed E-state index contributed by atoms with van der Waals surface area (Å²) in [5.74, 6) is 0.118. The molecule has 0 spiro atoms. The number of carbonyl (C=O) groups is 1. The SMILES string of the molecule is COCC(=O)Nc1c(C#N)cccc1OC. The Labute approximate surface area is 93.6 Å². The van der Waals surface area contributed by atoms with Crippen molar-refractivity contribution in [1.82, 2.24) is 0 Å². The Morgan fingerprint density at radius 1 is 1.50 bits per heavy atom. The summed E-state index contributed by atoms with van der Waals surface area (Å²) in [7, 11) is 2.90. The maximum atomic E-state index is 11.3. The topological polar surface area (TPSA) is 71.3 Å². The number of carbonyl (C=O) groups excluding carboxylic acids is 1. The fraction of sp³-hybridized carbons (Fsp3) is 0.273. The van der Waals surface area contributed by atoms with E-state index in [-0.39, 0.29) is 12.5 Å². The molecule has 0 fully saturated rings. The molecule has 0 unspecified atom stereocenters. The van der Waals surface area contributed by atoms with Crippen LogP contribution in [0.25, 0.3) is 0 Å². The molecular weight excluding hydrogens is 208 g/mol. The van der Waals surface area contributed by atoms with Crippen molar-refractivity contribution in [3.8, 4) is 11.8 Å². The maximum Gasteiger partial charge on any atom is 0.250 e. The van der Waals surface area contributed by atoms with Gasteiger partial charge in [-0.25, -0.2) is 0 Å². The fourth-order valence-electron chi connectivity index (χ4n) is 1.23. The Balaban J connectivity index is 3.01. The molecule has 16 heavy (non-hydrogen) atoms. The Hall–Kier alpha value is -2.06. The molecule has 0 bridgehead atoms. The van der Waals surface area contributed by atoms with Gasteiger partial charge in [0, 0.05) is 7.11 Å². The molecule has 0 aliphatic heterocycles. The third-order valence-corrected chi connectivity index (χ3v) is 1.91. The first-order valence-electron chi connectivity index (χ1n) is 4.58. The van der Waals surface area contributed by atoms with Gasteiger partial charge in [-0.3, -0.25) is 4.79 Å². The molecule has 1 amide bonds. The van der Waals surface area contributed by atoms with Gasteiger partial charge in [0.1, 0.15) is 24.1 Å². The molecule has 0 atom stereocenters. The average Bonchev–Trinajstić information content (AvgIpc) is 2.29. The zero-order valence-electron chi connectivity index (χ0n) is 9.11. The van der Waals surface area contributed by atoms with Crippen LogP contribution in [0, 0.1) is 11.3 Å². The van der Waals surface area contributed by atoms with Crippen LogP contribution in [0.3, 0.4) is 0 Å². The van der Waals surface area contributed by atoms with Crippen molar-refractivity contribution < 1.29 is 14.3 Å². The molecule has 1 aromatic rings. The van der Waals surface area contributed by atoms with E-state index in [2.05, 4.69) is 10.1 Å². The number of nitrogens with one attached hydrogen (secondary N) is 1. The first-order chi connectivity index (χ1) is 7.72. The molecule has 0 aliphatic rings. The Bertz CT molecular complexity index is 424. The van der Waals surface area contributed by atoms with Crippen molar-refractivity contribution >= 4 is 11.6 Å². The van der Waals surface area contributed by atoms with Gasteiger partial charge >= 0.3 is 0 Å². The molecule has 5 heteroatoms. The second-order valence-electron chi connectivity index (χ2n) is 2.98. The van der Waals surface area contributed by atoms with Crippen molar-refractivity contribution in [2.75, 3.05) is 26.1 Å². The number of hydrogen-bond acceptors (Lipinski definition) is 4. The van der Waals surface area contributed by atoms with E-state index in [4.69, 9.17) is 10.00 Å². The van der Waals surface area contributed by atoms with Gasteiger partial charge in [-0.1, -0.05) is 6.07 Å². The van der Waals surface area contributed by atoms with Crippen LogP contribution in [0.1, 0.15) is 5.56 Å². The van der Waals surface area contributed by atoms with E-state index in [0.717, 1.165) is 0 Å². The van der Waals surface area contributed by atoms with E-state index in [0.29, 0.717) is 17.0 Å². The second kappa shape index (κ2) is 5.73. The smallest absolute Gasteiger partial charge is 0.250 e.